The Morgan fingerprint density at radius 1 is 1.10 bits per heavy atom. The van der Waals surface area contributed by atoms with E-state index in [0.29, 0.717) is 5.15 Å². The standard InChI is InChI=1S/C16H20ClN3/c1-4-6-15-18-14(17)11-16(19-15)20(3)13-9-7-12(5-2)8-10-13/h7-11H,4-6H2,1-3H3. The minimum Gasteiger partial charge on any atom is -0.329 e. The minimum absolute atomic E-state index is 0.496. The van der Waals surface area contributed by atoms with E-state index in [2.05, 4.69) is 48.1 Å². The molecule has 0 saturated heterocycles. The van der Waals surface area contributed by atoms with Crippen molar-refractivity contribution >= 4 is 23.1 Å². The molecule has 0 spiro atoms. The number of aromatic nitrogens is 2. The minimum atomic E-state index is 0.496. The number of anilines is 2. The fraction of sp³-hybridized carbons (Fsp3) is 0.375. The van der Waals surface area contributed by atoms with Crippen LogP contribution in [0, 0.1) is 0 Å². The van der Waals surface area contributed by atoms with E-state index in [1.165, 1.54) is 5.56 Å². The highest BCUT2D eigenvalue weighted by atomic mass is 35.5. The summed E-state index contributed by atoms with van der Waals surface area (Å²) in [5, 5.41) is 0.496. The zero-order valence-electron chi connectivity index (χ0n) is 12.2. The second-order valence-corrected chi connectivity index (χ2v) is 5.18. The third-order valence-corrected chi connectivity index (χ3v) is 3.47. The van der Waals surface area contributed by atoms with Gasteiger partial charge in [0, 0.05) is 25.2 Å². The zero-order valence-corrected chi connectivity index (χ0v) is 13.0. The van der Waals surface area contributed by atoms with Crippen LogP contribution >= 0.6 is 11.6 Å². The summed E-state index contributed by atoms with van der Waals surface area (Å²) in [5.41, 5.74) is 2.42. The van der Waals surface area contributed by atoms with Crippen LogP contribution in [0.3, 0.4) is 0 Å². The summed E-state index contributed by atoms with van der Waals surface area (Å²) >= 11 is 6.09. The molecule has 0 unspecified atom stereocenters. The average molecular weight is 290 g/mol. The van der Waals surface area contributed by atoms with Crippen molar-refractivity contribution < 1.29 is 0 Å². The lowest BCUT2D eigenvalue weighted by Gasteiger charge is -2.19. The Balaban J connectivity index is 2.29. The third-order valence-electron chi connectivity index (χ3n) is 3.28. The highest BCUT2D eigenvalue weighted by molar-refractivity contribution is 6.29. The van der Waals surface area contributed by atoms with E-state index in [9.17, 15) is 0 Å². The molecule has 0 aliphatic carbocycles. The van der Waals surface area contributed by atoms with Crippen molar-refractivity contribution in [3.8, 4) is 0 Å². The number of rotatable bonds is 5. The van der Waals surface area contributed by atoms with Gasteiger partial charge in [-0.05, 0) is 30.5 Å². The zero-order chi connectivity index (χ0) is 14.5. The van der Waals surface area contributed by atoms with E-state index < -0.39 is 0 Å². The maximum atomic E-state index is 6.09. The Bertz CT molecular complexity index is 566. The maximum absolute atomic E-state index is 6.09. The maximum Gasteiger partial charge on any atom is 0.137 e. The van der Waals surface area contributed by atoms with E-state index in [1.807, 2.05) is 11.9 Å². The van der Waals surface area contributed by atoms with Crippen molar-refractivity contribution in [1.29, 1.82) is 0 Å². The summed E-state index contributed by atoms with van der Waals surface area (Å²) < 4.78 is 0. The lowest BCUT2D eigenvalue weighted by Crippen LogP contribution is -2.13. The van der Waals surface area contributed by atoms with Gasteiger partial charge in [0.05, 0.1) is 0 Å². The van der Waals surface area contributed by atoms with Crippen molar-refractivity contribution in [1.82, 2.24) is 9.97 Å². The topological polar surface area (TPSA) is 29.0 Å². The summed E-state index contributed by atoms with van der Waals surface area (Å²) in [6, 6.07) is 10.3. The molecule has 0 bridgehead atoms. The predicted octanol–water partition coefficient (Wildman–Crippen LogP) is 4.41. The largest absolute Gasteiger partial charge is 0.329 e. The van der Waals surface area contributed by atoms with Crippen molar-refractivity contribution in [2.24, 2.45) is 0 Å². The predicted molar refractivity (Wildman–Crippen MR) is 84.9 cm³/mol. The number of aryl methyl sites for hydroxylation is 2. The van der Waals surface area contributed by atoms with Crippen molar-refractivity contribution in [3.05, 3.63) is 46.9 Å². The fourth-order valence-electron chi connectivity index (χ4n) is 2.05. The van der Waals surface area contributed by atoms with Crippen molar-refractivity contribution in [2.45, 2.75) is 33.1 Å². The smallest absolute Gasteiger partial charge is 0.137 e. The molecule has 106 valence electrons. The van der Waals surface area contributed by atoms with Crippen LogP contribution in [0.15, 0.2) is 30.3 Å². The lowest BCUT2D eigenvalue weighted by atomic mass is 10.1. The molecule has 1 aromatic carbocycles. The van der Waals surface area contributed by atoms with Crippen LogP contribution in [0.5, 0.6) is 0 Å². The average Bonchev–Trinajstić information content (AvgIpc) is 2.46. The molecular formula is C16H20ClN3. The van der Waals surface area contributed by atoms with Crippen LogP contribution in [0.4, 0.5) is 11.5 Å². The molecule has 0 aliphatic heterocycles. The molecule has 0 N–H and O–H groups in total. The van der Waals surface area contributed by atoms with Crippen LogP contribution in [-0.2, 0) is 12.8 Å². The number of hydrogen-bond donors (Lipinski definition) is 0. The number of benzene rings is 1. The number of nitrogens with zero attached hydrogens (tertiary/aromatic N) is 3. The first-order chi connectivity index (χ1) is 9.63. The molecule has 0 atom stereocenters. The van der Waals surface area contributed by atoms with Gasteiger partial charge in [-0.25, -0.2) is 9.97 Å². The summed E-state index contributed by atoms with van der Waals surface area (Å²) in [4.78, 5) is 10.9. The molecule has 0 radical (unpaired) electrons. The molecule has 0 saturated carbocycles. The first-order valence-electron chi connectivity index (χ1n) is 7.00. The van der Waals surface area contributed by atoms with Crippen LogP contribution in [-0.4, -0.2) is 17.0 Å². The van der Waals surface area contributed by atoms with Gasteiger partial charge in [0.15, 0.2) is 0 Å². The van der Waals surface area contributed by atoms with Gasteiger partial charge in [-0.1, -0.05) is 37.6 Å². The van der Waals surface area contributed by atoms with Crippen molar-refractivity contribution in [3.63, 3.8) is 0 Å². The molecule has 0 amide bonds. The first-order valence-corrected chi connectivity index (χ1v) is 7.38. The molecule has 2 rings (SSSR count). The van der Waals surface area contributed by atoms with Gasteiger partial charge in [0.1, 0.15) is 16.8 Å². The van der Waals surface area contributed by atoms with Gasteiger partial charge < -0.3 is 4.90 Å². The molecule has 4 heteroatoms. The van der Waals surface area contributed by atoms with Crippen LogP contribution in [0.1, 0.15) is 31.7 Å². The monoisotopic (exact) mass is 289 g/mol. The van der Waals surface area contributed by atoms with Crippen LogP contribution in [0.2, 0.25) is 5.15 Å². The van der Waals surface area contributed by atoms with Crippen LogP contribution < -0.4 is 4.90 Å². The van der Waals surface area contributed by atoms with Gasteiger partial charge in [0.2, 0.25) is 0 Å². The number of hydrogen-bond acceptors (Lipinski definition) is 3. The lowest BCUT2D eigenvalue weighted by molar-refractivity contribution is 0.831. The van der Waals surface area contributed by atoms with Gasteiger partial charge in [-0.2, -0.15) is 0 Å². The van der Waals surface area contributed by atoms with E-state index >= 15 is 0 Å². The van der Waals surface area contributed by atoms with E-state index in [1.54, 1.807) is 6.07 Å². The molecule has 3 nitrogen and oxygen atoms in total. The van der Waals surface area contributed by atoms with E-state index in [0.717, 1.165) is 36.6 Å². The Hall–Kier alpha value is -1.61. The number of halogens is 1. The molecule has 1 heterocycles. The van der Waals surface area contributed by atoms with E-state index in [-0.39, 0.29) is 0 Å². The highest BCUT2D eigenvalue weighted by Gasteiger charge is 2.09. The van der Waals surface area contributed by atoms with Gasteiger partial charge in [0.25, 0.3) is 0 Å². The Kier molecular flexibility index (Phi) is 4.96. The summed E-state index contributed by atoms with van der Waals surface area (Å²) in [6.07, 6.45) is 2.90. The SMILES string of the molecule is CCCc1nc(Cl)cc(N(C)c2ccc(CC)cc2)n1. The first kappa shape index (κ1) is 14.8. The quantitative estimate of drug-likeness (QED) is 0.763. The molecular weight excluding hydrogens is 270 g/mol. The van der Waals surface area contributed by atoms with Gasteiger partial charge in [-0.15, -0.1) is 0 Å². The molecule has 0 aliphatic rings. The normalized spacial score (nSPS) is 10.6. The second kappa shape index (κ2) is 6.71. The summed E-state index contributed by atoms with van der Waals surface area (Å²) in [7, 11) is 2.00. The molecule has 2 aromatic rings. The molecule has 20 heavy (non-hydrogen) atoms. The van der Waals surface area contributed by atoms with Gasteiger partial charge >= 0.3 is 0 Å². The second-order valence-electron chi connectivity index (χ2n) is 4.79. The van der Waals surface area contributed by atoms with Crippen LogP contribution in [0.25, 0.3) is 0 Å². The van der Waals surface area contributed by atoms with Gasteiger partial charge in [-0.3, -0.25) is 0 Å². The Labute approximate surface area is 125 Å². The van der Waals surface area contributed by atoms with Crippen molar-refractivity contribution in [2.75, 3.05) is 11.9 Å². The Morgan fingerprint density at radius 3 is 2.40 bits per heavy atom. The molecule has 0 fully saturated rings. The Morgan fingerprint density at radius 2 is 1.80 bits per heavy atom. The highest BCUT2D eigenvalue weighted by Crippen LogP contribution is 2.24. The fourth-order valence-corrected chi connectivity index (χ4v) is 2.24. The third kappa shape index (κ3) is 3.48. The molecule has 1 aromatic heterocycles. The van der Waals surface area contributed by atoms with E-state index in [4.69, 9.17) is 11.6 Å². The summed E-state index contributed by atoms with van der Waals surface area (Å²) in [6.45, 7) is 4.26. The summed E-state index contributed by atoms with van der Waals surface area (Å²) in [5.74, 6) is 1.63.